The molecule has 112 valence electrons. The molecular formula is C13H14N2O6. The van der Waals surface area contributed by atoms with Crippen LogP contribution in [0.15, 0.2) is 18.2 Å². The molecule has 1 saturated heterocycles. The van der Waals surface area contributed by atoms with Gasteiger partial charge in [-0.25, -0.2) is 4.79 Å². The fourth-order valence-corrected chi connectivity index (χ4v) is 2.13. The molecule has 0 saturated carbocycles. The van der Waals surface area contributed by atoms with Crippen LogP contribution in [0, 0.1) is 17.0 Å². The Bertz CT molecular complexity index is 600. The first-order chi connectivity index (χ1) is 9.88. The third kappa shape index (κ3) is 3.34. The highest BCUT2D eigenvalue weighted by molar-refractivity contribution is 5.95. The van der Waals surface area contributed by atoms with Crippen molar-refractivity contribution in [3.63, 3.8) is 0 Å². The number of hydrogen-bond donors (Lipinski definition) is 2. The van der Waals surface area contributed by atoms with Crippen LogP contribution < -0.4 is 5.32 Å². The van der Waals surface area contributed by atoms with Gasteiger partial charge in [0, 0.05) is 17.8 Å². The van der Waals surface area contributed by atoms with Crippen molar-refractivity contribution in [2.24, 2.45) is 0 Å². The van der Waals surface area contributed by atoms with Gasteiger partial charge in [-0.3, -0.25) is 14.9 Å². The first-order valence-electron chi connectivity index (χ1n) is 6.32. The molecule has 21 heavy (non-hydrogen) atoms. The van der Waals surface area contributed by atoms with E-state index in [0.29, 0.717) is 17.7 Å². The maximum Gasteiger partial charge on any atom is 0.332 e. The number of nitrogens with zero attached hydrogens (tertiary/aromatic N) is 1. The molecular weight excluding hydrogens is 280 g/mol. The number of carbonyl (C=O) groups excluding carboxylic acids is 1. The van der Waals surface area contributed by atoms with E-state index >= 15 is 0 Å². The third-order valence-corrected chi connectivity index (χ3v) is 3.27. The molecule has 2 N–H and O–H groups in total. The number of carboxylic acid groups (broad SMARTS) is 1. The summed E-state index contributed by atoms with van der Waals surface area (Å²) in [5, 5.41) is 22.0. The SMILES string of the molecule is Cc1cc([N+](=O)[O-])ccc1NC(=O)[C@@H]1CC[C@H](C(=O)O)O1. The number of benzene rings is 1. The fraction of sp³-hybridized carbons (Fsp3) is 0.385. The fourth-order valence-electron chi connectivity index (χ4n) is 2.13. The number of amides is 1. The summed E-state index contributed by atoms with van der Waals surface area (Å²) in [6.07, 6.45) is -1.17. The van der Waals surface area contributed by atoms with E-state index in [1.54, 1.807) is 6.92 Å². The number of nitro benzene ring substituents is 1. The van der Waals surface area contributed by atoms with Crippen molar-refractivity contribution in [3.8, 4) is 0 Å². The Kier molecular flexibility index (Phi) is 4.18. The van der Waals surface area contributed by atoms with Gasteiger partial charge in [0.25, 0.3) is 11.6 Å². The topological polar surface area (TPSA) is 119 Å². The molecule has 0 bridgehead atoms. The van der Waals surface area contributed by atoms with Gasteiger partial charge in [-0.05, 0) is 31.4 Å². The molecule has 8 nitrogen and oxygen atoms in total. The summed E-state index contributed by atoms with van der Waals surface area (Å²) in [6.45, 7) is 1.64. The summed E-state index contributed by atoms with van der Waals surface area (Å²) in [6, 6.07) is 4.08. The molecule has 0 aliphatic carbocycles. The number of aryl methyl sites for hydroxylation is 1. The lowest BCUT2D eigenvalue weighted by atomic mass is 10.1. The number of rotatable bonds is 4. The molecule has 0 aromatic heterocycles. The monoisotopic (exact) mass is 294 g/mol. The first kappa shape index (κ1) is 14.9. The van der Waals surface area contributed by atoms with Crippen LogP contribution in [-0.4, -0.2) is 34.1 Å². The van der Waals surface area contributed by atoms with Crippen molar-refractivity contribution in [3.05, 3.63) is 33.9 Å². The number of nitro groups is 1. The van der Waals surface area contributed by atoms with Gasteiger partial charge < -0.3 is 15.2 Å². The summed E-state index contributed by atoms with van der Waals surface area (Å²) in [7, 11) is 0. The lowest BCUT2D eigenvalue weighted by Crippen LogP contribution is -2.30. The molecule has 1 aromatic carbocycles. The zero-order valence-electron chi connectivity index (χ0n) is 11.2. The number of carbonyl (C=O) groups is 2. The maximum absolute atomic E-state index is 12.0. The normalized spacial score (nSPS) is 21.0. The van der Waals surface area contributed by atoms with Crippen molar-refractivity contribution in [2.75, 3.05) is 5.32 Å². The van der Waals surface area contributed by atoms with Gasteiger partial charge in [0.15, 0.2) is 6.10 Å². The van der Waals surface area contributed by atoms with Crippen LogP contribution in [0.4, 0.5) is 11.4 Å². The Morgan fingerprint density at radius 2 is 2.05 bits per heavy atom. The molecule has 1 amide bonds. The Balaban J connectivity index is 2.03. The highest BCUT2D eigenvalue weighted by Gasteiger charge is 2.34. The number of hydrogen-bond acceptors (Lipinski definition) is 5. The highest BCUT2D eigenvalue weighted by Crippen LogP contribution is 2.24. The second-order valence-corrected chi connectivity index (χ2v) is 4.77. The lowest BCUT2D eigenvalue weighted by Gasteiger charge is -2.13. The minimum Gasteiger partial charge on any atom is -0.479 e. The Hall–Kier alpha value is -2.48. The van der Waals surface area contributed by atoms with Crippen LogP contribution >= 0.6 is 0 Å². The van der Waals surface area contributed by atoms with Gasteiger partial charge in [0.1, 0.15) is 6.10 Å². The van der Waals surface area contributed by atoms with Crippen LogP contribution in [0.2, 0.25) is 0 Å². The molecule has 2 atom stereocenters. The van der Waals surface area contributed by atoms with Gasteiger partial charge in [-0.2, -0.15) is 0 Å². The van der Waals surface area contributed by atoms with E-state index in [1.165, 1.54) is 18.2 Å². The zero-order valence-corrected chi connectivity index (χ0v) is 11.2. The Morgan fingerprint density at radius 3 is 2.57 bits per heavy atom. The summed E-state index contributed by atoms with van der Waals surface area (Å²) < 4.78 is 5.14. The Labute approximate surface area is 119 Å². The quantitative estimate of drug-likeness (QED) is 0.641. The van der Waals surface area contributed by atoms with E-state index < -0.39 is 29.0 Å². The van der Waals surface area contributed by atoms with E-state index in [4.69, 9.17) is 9.84 Å². The number of anilines is 1. The van der Waals surface area contributed by atoms with Crippen molar-refractivity contribution >= 4 is 23.3 Å². The molecule has 0 spiro atoms. The third-order valence-electron chi connectivity index (χ3n) is 3.27. The Morgan fingerprint density at radius 1 is 1.38 bits per heavy atom. The smallest absolute Gasteiger partial charge is 0.332 e. The standard InChI is InChI=1S/C13H14N2O6/c1-7-6-8(15(19)20)2-3-9(7)14-12(16)10-4-5-11(21-10)13(17)18/h2-3,6,10-11H,4-5H2,1H3,(H,14,16)(H,17,18)/t10-,11+/m0/s1. The molecule has 1 fully saturated rings. The number of carboxylic acids is 1. The number of ether oxygens (including phenoxy) is 1. The summed E-state index contributed by atoms with van der Waals surface area (Å²) in [4.78, 5) is 32.9. The second kappa shape index (κ2) is 5.88. The molecule has 0 radical (unpaired) electrons. The number of nitrogens with one attached hydrogen (secondary N) is 1. The van der Waals surface area contributed by atoms with Crippen LogP contribution in [0.1, 0.15) is 18.4 Å². The molecule has 8 heteroatoms. The summed E-state index contributed by atoms with van der Waals surface area (Å²) >= 11 is 0. The lowest BCUT2D eigenvalue weighted by molar-refractivity contribution is -0.384. The van der Waals surface area contributed by atoms with Crippen molar-refractivity contribution in [1.29, 1.82) is 0 Å². The van der Waals surface area contributed by atoms with Gasteiger partial charge in [0.05, 0.1) is 4.92 Å². The van der Waals surface area contributed by atoms with Gasteiger partial charge in [0.2, 0.25) is 0 Å². The first-order valence-corrected chi connectivity index (χ1v) is 6.32. The number of non-ortho nitro benzene ring substituents is 1. The van der Waals surface area contributed by atoms with Gasteiger partial charge in [-0.1, -0.05) is 0 Å². The van der Waals surface area contributed by atoms with Crippen LogP contribution in [0.25, 0.3) is 0 Å². The molecule has 0 unspecified atom stereocenters. The molecule has 1 aliphatic rings. The minimum atomic E-state index is -1.09. The van der Waals surface area contributed by atoms with Crippen molar-refractivity contribution in [1.82, 2.24) is 0 Å². The average Bonchev–Trinajstić information content (AvgIpc) is 2.90. The van der Waals surface area contributed by atoms with Crippen LogP contribution in [0.5, 0.6) is 0 Å². The van der Waals surface area contributed by atoms with Gasteiger partial charge in [-0.15, -0.1) is 0 Å². The van der Waals surface area contributed by atoms with E-state index in [0.717, 1.165) is 0 Å². The molecule has 1 heterocycles. The molecule has 1 aliphatic heterocycles. The average molecular weight is 294 g/mol. The highest BCUT2D eigenvalue weighted by atomic mass is 16.6. The maximum atomic E-state index is 12.0. The predicted molar refractivity (Wildman–Crippen MR) is 72.0 cm³/mol. The van der Waals surface area contributed by atoms with E-state index in [-0.39, 0.29) is 12.1 Å². The van der Waals surface area contributed by atoms with E-state index in [9.17, 15) is 19.7 Å². The van der Waals surface area contributed by atoms with E-state index in [2.05, 4.69) is 5.32 Å². The van der Waals surface area contributed by atoms with Crippen molar-refractivity contribution < 1.29 is 24.4 Å². The zero-order chi connectivity index (χ0) is 15.6. The van der Waals surface area contributed by atoms with Crippen LogP contribution in [-0.2, 0) is 14.3 Å². The molecule has 2 rings (SSSR count). The van der Waals surface area contributed by atoms with E-state index in [1.807, 2.05) is 0 Å². The summed E-state index contributed by atoms with van der Waals surface area (Å²) in [5.41, 5.74) is 0.923. The predicted octanol–water partition coefficient (Wildman–Crippen LogP) is 1.47. The van der Waals surface area contributed by atoms with Crippen molar-refractivity contribution in [2.45, 2.75) is 32.0 Å². The molecule has 1 aromatic rings. The number of aliphatic carboxylic acids is 1. The van der Waals surface area contributed by atoms with Gasteiger partial charge >= 0.3 is 5.97 Å². The van der Waals surface area contributed by atoms with Crippen LogP contribution in [0.3, 0.4) is 0 Å². The largest absolute Gasteiger partial charge is 0.479 e. The summed E-state index contributed by atoms with van der Waals surface area (Å²) in [5.74, 6) is -1.53. The minimum absolute atomic E-state index is 0.0615. The second-order valence-electron chi connectivity index (χ2n) is 4.77.